The molecule has 5 nitrogen and oxygen atoms in total. The molecule has 0 radical (unpaired) electrons. The molecule has 1 amide bonds. The Bertz CT molecular complexity index is 913. The van der Waals surface area contributed by atoms with Gasteiger partial charge in [0.25, 0.3) is 5.91 Å². The average molecular weight is 323 g/mol. The van der Waals surface area contributed by atoms with Crippen molar-refractivity contribution in [3.05, 3.63) is 54.0 Å². The van der Waals surface area contributed by atoms with Gasteiger partial charge in [-0.2, -0.15) is 0 Å². The summed E-state index contributed by atoms with van der Waals surface area (Å²) >= 11 is 0. The number of hydrogen-bond donors (Lipinski definition) is 1. The molecule has 3 aromatic rings. The molecule has 4 rings (SSSR count). The third-order valence-corrected chi connectivity index (χ3v) is 4.02. The molecular formula is C19H17NO4. The van der Waals surface area contributed by atoms with Crippen molar-refractivity contribution in [3.8, 4) is 11.5 Å². The fourth-order valence-electron chi connectivity index (χ4n) is 2.85. The van der Waals surface area contributed by atoms with E-state index in [0.717, 1.165) is 23.0 Å². The number of furan rings is 1. The van der Waals surface area contributed by atoms with Gasteiger partial charge in [-0.1, -0.05) is 24.3 Å². The van der Waals surface area contributed by atoms with Crippen molar-refractivity contribution in [1.82, 2.24) is 0 Å². The van der Waals surface area contributed by atoms with E-state index in [2.05, 4.69) is 5.32 Å². The van der Waals surface area contributed by atoms with Gasteiger partial charge in [-0.15, -0.1) is 0 Å². The first-order valence-electron chi connectivity index (χ1n) is 7.91. The summed E-state index contributed by atoms with van der Waals surface area (Å²) in [6, 6.07) is 13.0. The van der Waals surface area contributed by atoms with Gasteiger partial charge in [-0.25, -0.2) is 0 Å². The molecule has 0 unspecified atom stereocenters. The number of amides is 1. The molecule has 2 aromatic carbocycles. The number of aryl methyl sites for hydroxylation is 1. The van der Waals surface area contributed by atoms with Crippen LogP contribution in [0, 0.1) is 6.92 Å². The zero-order valence-corrected chi connectivity index (χ0v) is 13.3. The Morgan fingerprint density at radius 3 is 2.58 bits per heavy atom. The van der Waals surface area contributed by atoms with Gasteiger partial charge in [0.2, 0.25) is 0 Å². The lowest BCUT2D eigenvalue weighted by Crippen LogP contribution is -2.11. The van der Waals surface area contributed by atoms with Crippen molar-refractivity contribution in [2.45, 2.75) is 13.3 Å². The van der Waals surface area contributed by atoms with E-state index in [9.17, 15) is 4.79 Å². The number of nitrogens with one attached hydrogen (secondary N) is 1. The van der Waals surface area contributed by atoms with E-state index in [1.807, 2.05) is 37.3 Å². The monoisotopic (exact) mass is 323 g/mol. The summed E-state index contributed by atoms with van der Waals surface area (Å²) in [4.78, 5) is 12.6. The molecule has 0 fully saturated rings. The van der Waals surface area contributed by atoms with Gasteiger partial charge in [-0.3, -0.25) is 4.79 Å². The Balaban J connectivity index is 1.63. The Morgan fingerprint density at radius 1 is 1.00 bits per heavy atom. The quantitative estimate of drug-likeness (QED) is 0.769. The van der Waals surface area contributed by atoms with Crippen LogP contribution in [-0.4, -0.2) is 19.1 Å². The second kappa shape index (κ2) is 5.92. The van der Waals surface area contributed by atoms with Crippen LogP contribution in [-0.2, 0) is 0 Å². The smallest absolute Gasteiger partial charge is 0.292 e. The highest BCUT2D eigenvalue weighted by molar-refractivity contribution is 6.11. The highest BCUT2D eigenvalue weighted by Crippen LogP contribution is 2.33. The maximum absolute atomic E-state index is 12.6. The van der Waals surface area contributed by atoms with E-state index < -0.39 is 0 Å². The number of benzene rings is 2. The maximum atomic E-state index is 12.6. The van der Waals surface area contributed by atoms with Gasteiger partial charge in [0.1, 0.15) is 5.76 Å². The van der Waals surface area contributed by atoms with Crippen LogP contribution < -0.4 is 14.8 Å². The van der Waals surface area contributed by atoms with Crippen LogP contribution in [0.1, 0.15) is 22.7 Å². The summed E-state index contributed by atoms with van der Waals surface area (Å²) < 4.78 is 16.9. The molecule has 2 heterocycles. The van der Waals surface area contributed by atoms with Crippen molar-refractivity contribution < 1.29 is 18.7 Å². The molecule has 0 atom stereocenters. The molecule has 1 N–H and O–H groups in total. The first-order chi connectivity index (χ1) is 11.7. The summed E-state index contributed by atoms with van der Waals surface area (Å²) in [5.74, 6) is 2.11. The molecular weight excluding hydrogens is 306 g/mol. The van der Waals surface area contributed by atoms with Crippen molar-refractivity contribution >= 4 is 22.4 Å². The number of carbonyl (C=O) groups excluding carboxylic acids is 1. The summed E-state index contributed by atoms with van der Waals surface area (Å²) in [6.07, 6.45) is 0.841. The lowest BCUT2D eigenvalue weighted by molar-refractivity contribution is 0.0997. The third-order valence-electron chi connectivity index (χ3n) is 4.02. The van der Waals surface area contributed by atoms with E-state index in [4.69, 9.17) is 13.9 Å². The number of ether oxygens (including phenoxy) is 2. The molecule has 0 saturated heterocycles. The van der Waals surface area contributed by atoms with Crippen LogP contribution in [0.2, 0.25) is 0 Å². The standard InChI is InChI=1S/C19H17NO4/c1-12-14-5-2-3-6-15(14)18(24-12)19(21)20-13-7-8-16-17(11-13)23-10-4-9-22-16/h2-3,5-8,11H,4,9-10H2,1H3,(H,20,21). The summed E-state index contributed by atoms with van der Waals surface area (Å²) in [7, 11) is 0. The van der Waals surface area contributed by atoms with Crippen LogP contribution in [0.5, 0.6) is 11.5 Å². The average Bonchev–Trinajstić information content (AvgIpc) is 2.78. The minimum atomic E-state index is -0.284. The number of hydrogen-bond acceptors (Lipinski definition) is 4. The molecule has 1 aromatic heterocycles. The van der Waals surface area contributed by atoms with E-state index in [1.165, 1.54) is 0 Å². The minimum absolute atomic E-state index is 0.284. The third kappa shape index (κ3) is 2.58. The van der Waals surface area contributed by atoms with Crippen LogP contribution >= 0.6 is 0 Å². The van der Waals surface area contributed by atoms with Gasteiger partial charge in [-0.05, 0) is 19.1 Å². The highest BCUT2D eigenvalue weighted by atomic mass is 16.5. The van der Waals surface area contributed by atoms with Crippen LogP contribution in [0.15, 0.2) is 46.9 Å². The Hall–Kier alpha value is -2.95. The second-order valence-electron chi connectivity index (χ2n) is 5.70. The van der Waals surface area contributed by atoms with Crippen molar-refractivity contribution in [2.24, 2.45) is 0 Å². The first kappa shape index (κ1) is 14.6. The Kier molecular flexibility index (Phi) is 3.61. The molecule has 0 saturated carbocycles. The van der Waals surface area contributed by atoms with Gasteiger partial charge < -0.3 is 19.2 Å². The largest absolute Gasteiger partial charge is 0.490 e. The lowest BCUT2D eigenvalue weighted by Gasteiger charge is -2.10. The summed E-state index contributed by atoms with van der Waals surface area (Å²) in [6.45, 7) is 3.09. The summed E-state index contributed by atoms with van der Waals surface area (Å²) in [5.41, 5.74) is 0.641. The number of fused-ring (bicyclic) bond motifs is 2. The Morgan fingerprint density at radius 2 is 1.75 bits per heavy atom. The number of carbonyl (C=O) groups is 1. The number of rotatable bonds is 2. The molecule has 122 valence electrons. The van der Waals surface area contributed by atoms with Crippen molar-refractivity contribution in [3.63, 3.8) is 0 Å². The van der Waals surface area contributed by atoms with Crippen molar-refractivity contribution in [1.29, 1.82) is 0 Å². The molecule has 1 aliphatic heterocycles. The minimum Gasteiger partial charge on any atom is -0.490 e. The molecule has 24 heavy (non-hydrogen) atoms. The van der Waals surface area contributed by atoms with Gasteiger partial charge >= 0.3 is 0 Å². The van der Waals surface area contributed by atoms with E-state index in [0.29, 0.717) is 36.2 Å². The van der Waals surface area contributed by atoms with Crippen molar-refractivity contribution in [2.75, 3.05) is 18.5 Å². The predicted octanol–water partition coefficient (Wildman–Crippen LogP) is 4.15. The molecule has 0 spiro atoms. The lowest BCUT2D eigenvalue weighted by atomic mass is 10.1. The van der Waals surface area contributed by atoms with E-state index >= 15 is 0 Å². The second-order valence-corrected chi connectivity index (χ2v) is 5.70. The first-order valence-corrected chi connectivity index (χ1v) is 7.91. The topological polar surface area (TPSA) is 60.7 Å². The highest BCUT2D eigenvalue weighted by Gasteiger charge is 2.18. The SMILES string of the molecule is Cc1oc(C(=O)Nc2ccc3c(c2)OCCCO3)c2ccccc12. The molecule has 0 bridgehead atoms. The predicted molar refractivity (Wildman–Crippen MR) is 91.0 cm³/mol. The molecule has 0 aliphatic carbocycles. The maximum Gasteiger partial charge on any atom is 0.292 e. The van der Waals surface area contributed by atoms with Crippen LogP contribution in [0.4, 0.5) is 5.69 Å². The van der Waals surface area contributed by atoms with Gasteiger partial charge in [0, 0.05) is 28.9 Å². The normalized spacial score (nSPS) is 13.5. The molecule has 5 heteroatoms. The fourth-order valence-corrected chi connectivity index (χ4v) is 2.85. The van der Waals surface area contributed by atoms with Crippen LogP contribution in [0.25, 0.3) is 10.8 Å². The van der Waals surface area contributed by atoms with Crippen LogP contribution in [0.3, 0.4) is 0 Å². The Labute approximate surface area is 139 Å². The summed E-state index contributed by atoms with van der Waals surface area (Å²) in [5, 5.41) is 4.62. The molecule has 1 aliphatic rings. The zero-order valence-electron chi connectivity index (χ0n) is 13.3. The van der Waals surface area contributed by atoms with Gasteiger partial charge in [0.15, 0.2) is 17.3 Å². The van der Waals surface area contributed by atoms with Gasteiger partial charge in [0.05, 0.1) is 13.2 Å². The number of anilines is 1. The van der Waals surface area contributed by atoms with E-state index in [-0.39, 0.29) is 5.91 Å². The van der Waals surface area contributed by atoms with E-state index in [1.54, 1.807) is 12.1 Å². The zero-order chi connectivity index (χ0) is 16.5. The fraction of sp³-hybridized carbons (Fsp3) is 0.211.